The van der Waals surface area contributed by atoms with E-state index in [1.54, 1.807) is 6.92 Å². The number of carbonyl (C=O) groups is 3. The molecule has 1 amide bonds. The summed E-state index contributed by atoms with van der Waals surface area (Å²) >= 11 is 0. The molecular weight excluding hydrogens is 254 g/mol. The molecule has 1 unspecified atom stereocenters. The van der Waals surface area contributed by atoms with Gasteiger partial charge in [-0.25, -0.2) is 14.6 Å². The molecule has 1 aromatic heterocycles. The number of ether oxygens (including phenoxy) is 1. The number of carboxylic acids is 1. The number of aromatic nitrogens is 1. The van der Waals surface area contributed by atoms with Crippen LogP contribution < -0.4 is 11.1 Å². The average molecular weight is 267 g/mol. The molecule has 0 aliphatic heterocycles. The van der Waals surface area contributed by atoms with Gasteiger partial charge in [-0.2, -0.15) is 0 Å². The standard InChI is InChI=1S/C11H13N3O5/c1-2-19-11(18)8(12)9(15)14-6-3-4-7(10(16)17)13-5-6/h3-5,8H,2,12H2,1H3,(H,14,15)(H,16,17). The van der Waals surface area contributed by atoms with Gasteiger partial charge in [-0.05, 0) is 19.1 Å². The zero-order valence-corrected chi connectivity index (χ0v) is 10.1. The SMILES string of the molecule is CCOC(=O)C(N)C(=O)Nc1ccc(C(=O)O)nc1. The molecule has 1 atom stereocenters. The Morgan fingerprint density at radius 1 is 1.47 bits per heavy atom. The molecule has 0 saturated heterocycles. The number of nitrogens with zero attached hydrogens (tertiary/aromatic N) is 1. The second-order valence-electron chi connectivity index (χ2n) is 3.46. The number of nitrogens with two attached hydrogens (primary N) is 1. The van der Waals surface area contributed by atoms with Gasteiger partial charge < -0.3 is 20.9 Å². The minimum Gasteiger partial charge on any atom is -0.477 e. The molecule has 0 saturated carbocycles. The molecule has 0 aliphatic rings. The van der Waals surface area contributed by atoms with Crippen molar-refractivity contribution < 1.29 is 24.2 Å². The Bertz CT molecular complexity index is 486. The van der Waals surface area contributed by atoms with E-state index in [4.69, 9.17) is 10.8 Å². The van der Waals surface area contributed by atoms with Crippen molar-refractivity contribution in [2.24, 2.45) is 5.73 Å². The van der Waals surface area contributed by atoms with Crippen LogP contribution in [0.3, 0.4) is 0 Å². The van der Waals surface area contributed by atoms with Crippen molar-refractivity contribution in [3.05, 3.63) is 24.0 Å². The van der Waals surface area contributed by atoms with Gasteiger partial charge in [-0.3, -0.25) is 4.79 Å². The largest absolute Gasteiger partial charge is 0.477 e. The molecular formula is C11H13N3O5. The van der Waals surface area contributed by atoms with Crippen LogP contribution in [0, 0.1) is 0 Å². The molecule has 4 N–H and O–H groups in total. The average Bonchev–Trinajstić information content (AvgIpc) is 2.38. The number of nitrogens with one attached hydrogen (secondary N) is 1. The Morgan fingerprint density at radius 3 is 2.63 bits per heavy atom. The highest BCUT2D eigenvalue weighted by Crippen LogP contribution is 2.06. The molecule has 1 rings (SSSR count). The number of rotatable bonds is 5. The maximum absolute atomic E-state index is 11.6. The van der Waals surface area contributed by atoms with Crippen LogP contribution in [0.4, 0.5) is 5.69 Å². The molecule has 8 heteroatoms. The molecule has 0 radical (unpaired) electrons. The molecule has 0 bridgehead atoms. The summed E-state index contributed by atoms with van der Waals surface area (Å²) in [6.07, 6.45) is 1.15. The summed E-state index contributed by atoms with van der Waals surface area (Å²) in [6, 6.07) is 1.11. The third-order valence-corrected chi connectivity index (χ3v) is 2.07. The predicted molar refractivity (Wildman–Crippen MR) is 64.4 cm³/mol. The van der Waals surface area contributed by atoms with Crippen LogP contribution >= 0.6 is 0 Å². The van der Waals surface area contributed by atoms with E-state index in [0.717, 1.165) is 6.20 Å². The number of esters is 1. The molecule has 102 valence electrons. The quantitative estimate of drug-likeness (QED) is 0.488. The van der Waals surface area contributed by atoms with Gasteiger partial charge in [0, 0.05) is 0 Å². The van der Waals surface area contributed by atoms with E-state index >= 15 is 0 Å². The Morgan fingerprint density at radius 2 is 2.16 bits per heavy atom. The third-order valence-electron chi connectivity index (χ3n) is 2.07. The van der Waals surface area contributed by atoms with Gasteiger partial charge in [0.05, 0.1) is 18.5 Å². The lowest BCUT2D eigenvalue weighted by Gasteiger charge is -2.10. The van der Waals surface area contributed by atoms with Gasteiger partial charge in [0.15, 0.2) is 6.04 Å². The van der Waals surface area contributed by atoms with Gasteiger partial charge in [0.1, 0.15) is 5.69 Å². The van der Waals surface area contributed by atoms with Crippen molar-refractivity contribution in [1.29, 1.82) is 0 Å². The first-order valence-corrected chi connectivity index (χ1v) is 5.38. The number of hydrogen-bond donors (Lipinski definition) is 3. The summed E-state index contributed by atoms with van der Waals surface area (Å²) in [6.45, 7) is 1.71. The second kappa shape index (κ2) is 6.45. The fourth-order valence-electron chi connectivity index (χ4n) is 1.15. The normalized spacial score (nSPS) is 11.5. The number of carboxylic acid groups (broad SMARTS) is 1. The van der Waals surface area contributed by atoms with Crippen molar-refractivity contribution in [2.75, 3.05) is 11.9 Å². The maximum atomic E-state index is 11.6. The summed E-state index contributed by atoms with van der Waals surface area (Å²) in [5.74, 6) is -2.78. The number of pyridine rings is 1. The van der Waals surface area contributed by atoms with Gasteiger partial charge in [-0.1, -0.05) is 0 Å². The second-order valence-corrected chi connectivity index (χ2v) is 3.46. The van der Waals surface area contributed by atoms with Crippen molar-refractivity contribution in [3.63, 3.8) is 0 Å². The summed E-state index contributed by atoms with van der Waals surface area (Å²) in [4.78, 5) is 37.0. The highest BCUT2D eigenvalue weighted by atomic mass is 16.5. The Kier molecular flexibility index (Phi) is 4.95. The monoisotopic (exact) mass is 267 g/mol. The molecule has 0 aliphatic carbocycles. The summed E-state index contributed by atoms with van der Waals surface area (Å²) in [7, 11) is 0. The van der Waals surface area contributed by atoms with Crippen LogP contribution in [-0.2, 0) is 14.3 Å². The lowest BCUT2D eigenvalue weighted by molar-refractivity contribution is -0.146. The Hall–Kier alpha value is -2.48. The first-order chi connectivity index (χ1) is 8.95. The van der Waals surface area contributed by atoms with E-state index in [-0.39, 0.29) is 18.0 Å². The number of anilines is 1. The molecule has 0 spiro atoms. The number of aromatic carboxylic acids is 1. The van der Waals surface area contributed by atoms with Crippen molar-refractivity contribution >= 4 is 23.5 Å². The Balaban J connectivity index is 2.66. The zero-order chi connectivity index (χ0) is 14.4. The maximum Gasteiger partial charge on any atom is 0.354 e. The summed E-state index contributed by atoms with van der Waals surface area (Å²) < 4.78 is 4.59. The van der Waals surface area contributed by atoms with Crippen LogP contribution in [0.15, 0.2) is 18.3 Å². The van der Waals surface area contributed by atoms with E-state index in [1.165, 1.54) is 12.1 Å². The number of carbonyl (C=O) groups excluding carboxylic acids is 2. The molecule has 0 aromatic carbocycles. The minimum absolute atomic E-state index is 0.120. The van der Waals surface area contributed by atoms with E-state index < -0.39 is 23.9 Å². The fraction of sp³-hybridized carbons (Fsp3) is 0.273. The van der Waals surface area contributed by atoms with E-state index in [2.05, 4.69) is 15.0 Å². The van der Waals surface area contributed by atoms with Crippen LogP contribution in [-0.4, -0.2) is 40.6 Å². The lowest BCUT2D eigenvalue weighted by atomic mass is 10.2. The molecule has 1 heterocycles. The van der Waals surface area contributed by atoms with Crippen molar-refractivity contribution in [2.45, 2.75) is 13.0 Å². The number of hydrogen-bond acceptors (Lipinski definition) is 6. The smallest absolute Gasteiger partial charge is 0.354 e. The van der Waals surface area contributed by atoms with Crippen LogP contribution in [0.2, 0.25) is 0 Å². The van der Waals surface area contributed by atoms with E-state index in [0.29, 0.717) is 0 Å². The first-order valence-electron chi connectivity index (χ1n) is 5.38. The minimum atomic E-state index is -1.45. The summed E-state index contributed by atoms with van der Waals surface area (Å²) in [5.41, 5.74) is 5.44. The van der Waals surface area contributed by atoms with Gasteiger partial charge in [0.25, 0.3) is 5.91 Å². The van der Waals surface area contributed by atoms with Crippen LogP contribution in [0.25, 0.3) is 0 Å². The first kappa shape index (κ1) is 14.6. The predicted octanol–water partition coefficient (Wildman–Crippen LogP) is -0.391. The van der Waals surface area contributed by atoms with Gasteiger partial charge >= 0.3 is 11.9 Å². The highest BCUT2D eigenvalue weighted by Gasteiger charge is 2.23. The molecule has 1 aromatic rings. The fourth-order valence-corrected chi connectivity index (χ4v) is 1.15. The van der Waals surface area contributed by atoms with E-state index in [9.17, 15) is 14.4 Å². The summed E-state index contributed by atoms with van der Waals surface area (Å²) in [5, 5.41) is 11.0. The van der Waals surface area contributed by atoms with Crippen LogP contribution in [0.5, 0.6) is 0 Å². The molecule has 0 fully saturated rings. The van der Waals surface area contributed by atoms with Gasteiger partial charge in [0.2, 0.25) is 0 Å². The van der Waals surface area contributed by atoms with Crippen molar-refractivity contribution in [1.82, 2.24) is 4.98 Å². The third kappa shape index (κ3) is 4.03. The van der Waals surface area contributed by atoms with Crippen LogP contribution in [0.1, 0.15) is 17.4 Å². The highest BCUT2D eigenvalue weighted by molar-refractivity contribution is 6.08. The van der Waals surface area contributed by atoms with Gasteiger partial charge in [-0.15, -0.1) is 0 Å². The molecule has 19 heavy (non-hydrogen) atoms. The van der Waals surface area contributed by atoms with E-state index in [1.807, 2.05) is 0 Å². The zero-order valence-electron chi connectivity index (χ0n) is 10.1. The molecule has 8 nitrogen and oxygen atoms in total. The lowest BCUT2D eigenvalue weighted by Crippen LogP contribution is -2.43. The van der Waals surface area contributed by atoms with Crippen molar-refractivity contribution in [3.8, 4) is 0 Å². The number of amides is 1. The Labute approximate surface area is 108 Å². The topological polar surface area (TPSA) is 132 Å².